The van der Waals surface area contributed by atoms with Crippen molar-refractivity contribution in [3.8, 4) is 5.75 Å². The van der Waals surface area contributed by atoms with E-state index in [0.717, 1.165) is 12.2 Å². The van der Waals surface area contributed by atoms with E-state index in [1.165, 1.54) is 16.7 Å². The SMILES string of the molecule is Cc1cc2c(cc1C)C(C)CC(C)(C)O2. The van der Waals surface area contributed by atoms with Gasteiger partial charge in [0.15, 0.2) is 0 Å². The van der Waals surface area contributed by atoms with Crippen molar-refractivity contribution < 1.29 is 4.74 Å². The standard InChI is InChI=1S/C14H20O/c1-9-6-12-11(3)8-14(4,5)15-13(12)7-10(9)2/h6-7,11H,8H2,1-5H3. The lowest BCUT2D eigenvalue weighted by Gasteiger charge is -2.36. The molecule has 0 bridgehead atoms. The topological polar surface area (TPSA) is 9.23 Å². The molecule has 0 saturated heterocycles. The van der Waals surface area contributed by atoms with Gasteiger partial charge in [0, 0.05) is 0 Å². The van der Waals surface area contributed by atoms with Crippen LogP contribution in [-0.2, 0) is 0 Å². The van der Waals surface area contributed by atoms with E-state index in [0.29, 0.717) is 5.92 Å². The molecule has 1 atom stereocenters. The Balaban J connectivity index is 2.51. The number of fused-ring (bicyclic) bond motifs is 1. The number of ether oxygens (including phenoxy) is 1. The van der Waals surface area contributed by atoms with Crippen LogP contribution in [0.5, 0.6) is 5.75 Å². The molecule has 1 aliphatic rings. The summed E-state index contributed by atoms with van der Waals surface area (Å²) in [6.45, 7) is 10.9. The van der Waals surface area contributed by atoms with Crippen molar-refractivity contribution in [1.82, 2.24) is 0 Å². The zero-order valence-electron chi connectivity index (χ0n) is 10.3. The maximum atomic E-state index is 6.03. The van der Waals surface area contributed by atoms with Gasteiger partial charge < -0.3 is 4.74 Å². The Morgan fingerprint density at radius 2 is 1.80 bits per heavy atom. The Morgan fingerprint density at radius 1 is 1.20 bits per heavy atom. The van der Waals surface area contributed by atoms with Crippen LogP contribution in [0.15, 0.2) is 12.1 Å². The number of aryl methyl sites for hydroxylation is 2. The van der Waals surface area contributed by atoms with Crippen LogP contribution in [0.4, 0.5) is 0 Å². The molecule has 1 nitrogen and oxygen atoms in total. The molecule has 0 aliphatic carbocycles. The quantitative estimate of drug-likeness (QED) is 0.621. The van der Waals surface area contributed by atoms with Crippen molar-refractivity contribution in [3.63, 3.8) is 0 Å². The minimum absolute atomic E-state index is 0.0197. The molecule has 1 aromatic rings. The predicted molar refractivity (Wildman–Crippen MR) is 63.7 cm³/mol. The summed E-state index contributed by atoms with van der Waals surface area (Å²) in [5.41, 5.74) is 4.04. The van der Waals surface area contributed by atoms with Gasteiger partial charge in [-0.05, 0) is 62.8 Å². The molecule has 1 unspecified atom stereocenters. The maximum Gasteiger partial charge on any atom is 0.123 e. The van der Waals surface area contributed by atoms with Gasteiger partial charge in [-0.15, -0.1) is 0 Å². The van der Waals surface area contributed by atoms with Gasteiger partial charge in [0.05, 0.1) is 0 Å². The van der Waals surface area contributed by atoms with E-state index in [9.17, 15) is 0 Å². The Hall–Kier alpha value is -0.980. The first-order chi connectivity index (χ1) is 6.89. The van der Waals surface area contributed by atoms with Crippen molar-refractivity contribution in [1.29, 1.82) is 0 Å². The van der Waals surface area contributed by atoms with E-state index < -0.39 is 0 Å². The molecule has 1 heteroatoms. The molecule has 1 aliphatic heterocycles. The molecular weight excluding hydrogens is 184 g/mol. The van der Waals surface area contributed by atoms with Gasteiger partial charge in [0.2, 0.25) is 0 Å². The Bertz CT molecular complexity index is 391. The normalized spacial score (nSPS) is 23.1. The Kier molecular flexibility index (Phi) is 2.29. The van der Waals surface area contributed by atoms with Crippen molar-refractivity contribution in [2.75, 3.05) is 0 Å². The third kappa shape index (κ3) is 1.88. The lowest BCUT2D eigenvalue weighted by Crippen LogP contribution is -2.34. The highest BCUT2D eigenvalue weighted by Gasteiger charge is 2.31. The lowest BCUT2D eigenvalue weighted by atomic mass is 9.84. The first-order valence-corrected chi connectivity index (χ1v) is 5.69. The zero-order valence-corrected chi connectivity index (χ0v) is 10.3. The molecule has 1 aromatic carbocycles. The third-order valence-corrected chi connectivity index (χ3v) is 3.34. The molecule has 0 N–H and O–H groups in total. The second-order valence-corrected chi connectivity index (χ2v) is 5.44. The highest BCUT2D eigenvalue weighted by atomic mass is 16.5. The highest BCUT2D eigenvalue weighted by Crippen LogP contribution is 2.41. The molecule has 0 saturated carbocycles. The van der Waals surface area contributed by atoms with Crippen LogP contribution in [0.1, 0.15) is 49.8 Å². The summed E-state index contributed by atoms with van der Waals surface area (Å²) < 4.78 is 6.03. The summed E-state index contributed by atoms with van der Waals surface area (Å²) in [6, 6.07) is 4.46. The first kappa shape index (κ1) is 10.5. The third-order valence-electron chi connectivity index (χ3n) is 3.34. The minimum atomic E-state index is -0.0197. The largest absolute Gasteiger partial charge is 0.488 e. The second kappa shape index (κ2) is 3.26. The van der Waals surface area contributed by atoms with Crippen molar-refractivity contribution in [2.45, 2.75) is 52.6 Å². The van der Waals surface area contributed by atoms with Crippen molar-refractivity contribution in [3.05, 3.63) is 28.8 Å². The van der Waals surface area contributed by atoms with E-state index >= 15 is 0 Å². The zero-order chi connectivity index (χ0) is 11.2. The number of hydrogen-bond acceptors (Lipinski definition) is 1. The maximum absolute atomic E-state index is 6.03. The fourth-order valence-electron chi connectivity index (χ4n) is 2.47. The number of hydrogen-bond donors (Lipinski definition) is 0. The lowest BCUT2D eigenvalue weighted by molar-refractivity contribution is 0.0745. The molecule has 0 aromatic heterocycles. The molecule has 2 rings (SSSR count). The fraction of sp³-hybridized carbons (Fsp3) is 0.571. The average molecular weight is 204 g/mol. The van der Waals surface area contributed by atoms with Crippen molar-refractivity contribution >= 4 is 0 Å². The van der Waals surface area contributed by atoms with Crippen LogP contribution < -0.4 is 4.74 Å². The molecule has 0 spiro atoms. The number of benzene rings is 1. The molecule has 0 amide bonds. The smallest absolute Gasteiger partial charge is 0.123 e. The summed E-state index contributed by atoms with van der Waals surface area (Å²) in [6.07, 6.45) is 1.10. The van der Waals surface area contributed by atoms with E-state index in [2.05, 4.69) is 46.8 Å². The van der Waals surface area contributed by atoms with Crippen LogP contribution >= 0.6 is 0 Å². The van der Waals surface area contributed by atoms with Gasteiger partial charge in [-0.3, -0.25) is 0 Å². The van der Waals surface area contributed by atoms with Gasteiger partial charge in [0.1, 0.15) is 11.4 Å². The van der Waals surface area contributed by atoms with Gasteiger partial charge >= 0.3 is 0 Å². The van der Waals surface area contributed by atoms with Crippen LogP contribution in [0.2, 0.25) is 0 Å². The Labute approximate surface area is 92.5 Å². The van der Waals surface area contributed by atoms with E-state index in [1.54, 1.807) is 0 Å². The predicted octanol–water partition coefficient (Wildman–Crippen LogP) is 3.97. The Morgan fingerprint density at radius 3 is 2.47 bits per heavy atom. The van der Waals surface area contributed by atoms with Crippen LogP contribution in [0, 0.1) is 13.8 Å². The first-order valence-electron chi connectivity index (χ1n) is 5.69. The van der Waals surface area contributed by atoms with Crippen LogP contribution in [-0.4, -0.2) is 5.60 Å². The van der Waals surface area contributed by atoms with Crippen LogP contribution in [0.3, 0.4) is 0 Å². The second-order valence-electron chi connectivity index (χ2n) is 5.44. The van der Waals surface area contributed by atoms with E-state index in [4.69, 9.17) is 4.74 Å². The summed E-state index contributed by atoms with van der Waals surface area (Å²) in [5, 5.41) is 0. The summed E-state index contributed by atoms with van der Waals surface area (Å²) >= 11 is 0. The molecule has 0 radical (unpaired) electrons. The molecule has 0 fully saturated rings. The van der Waals surface area contributed by atoms with Gasteiger partial charge in [-0.2, -0.15) is 0 Å². The molecule has 15 heavy (non-hydrogen) atoms. The van der Waals surface area contributed by atoms with Crippen LogP contribution in [0.25, 0.3) is 0 Å². The summed E-state index contributed by atoms with van der Waals surface area (Å²) in [7, 11) is 0. The molecule has 1 heterocycles. The minimum Gasteiger partial charge on any atom is -0.488 e. The summed E-state index contributed by atoms with van der Waals surface area (Å²) in [4.78, 5) is 0. The van der Waals surface area contributed by atoms with E-state index in [-0.39, 0.29) is 5.60 Å². The number of rotatable bonds is 0. The average Bonchev–Trinajstić information content (AvgIpc) is 2.07. The van der Waals surface area contributed by atoms with Gasteiger partial charge in [0.25, 0.3) is 0 Å². The molecular formula is C14H20O. The van der Waals surface area contributed by atoms with Gasteiger partial charge in [-0.1, -0.05) is 13.0 Å². The van der Waals surface area contributed by atoms with Gasteiger partial charge in [-0.25, -0.2) is 0 Å². The summed E-state index contributed by atoms with van der Waals surface area (Å²) in [5.74, 6) is 1.69. The highest BCUT2D eigenvalue weighted by molar-refractivity contribution is 5.45. The van der Waals surface area contributed by atoms with E-state index in [1.807, 2.05) is 0 Å². The molecule has 82 valence electrons. The monoisotopic (exact) mass is 204 g/mol. The fourth-order valence-corrected chi connectivity index (χ4v) is 2.47. The van der Waals surface area contributed by atoms with Crippen molar-refractivity contribution in [2.24, 2.45) is 0 Å².